The maximum absolute atomic E-state index is 5.59. The van der Waals surface area contributed by atoms with E-state index in [1.165, 1.54) is 0 Å². The first-order valence-corrected chi connectivity index (χ1v) is 8.96. The van der Waals surface area contributed by atoms with Gasteiger partial charge < -0.3 is 19.0 Å². The Labute approximate surface area is 152 Å². The lowest BCUT2D eigenvalue weighted by Gasteiger charge is -2.07. The molecule has 138 valence electrons. The zero-order valence-corrected chi connectivity index (χ0v) is 15.2. The summed E-state index contributed by atoms with van der Waals surface area (Å²) in [7, 11) is 0. The molecule has 7 nitrogen and oxygen atoms in total. The second kappa shape index (κ2) is 9.03. The van der Waals surface area contributed by atoms with Crippen LogP contribution in [0.2, 0.25) is 0 Å². The van der Waals surface area contributed by atoms with Gasteiger partial charge in [0.15, 0.2) is 11.6 Å². The number of aromatic nitrogens is 3. The molecule has 26 heavy (non-hydrogen) atoms. The Morgan fingerprint density at radius 2 is 2.12 bits per heavy atom. The molecule has 0 unspecified atom stereocenters. The van der Waals surface area contributed by atoms with Gasteiger partial charge in [-0.1, -0.05) is 23.7 Å². The van der Waals surface area contributed by atoms with Gasteiger partial charge in [0.25, 0.3) is 0 Å². The largest absolute Gasteiger partial charge is 0.450 e. The topological polar surface area (TPSA) is 86.2 Å². The van der Waals surface area contributed by atoms with Crippen molar-refractivity contribution >= 4 is 5.69 Å². The summed E-state index contributed by atoms with van der Waals surface area (Å²) in [5.74, 6) is 2.12. The van der Waals surface area contributed by atoms with Crippen molar-refractivity contribution < 1.29 is 13.7 Å². The fourth-order valence-electron chi connectivity index (χ4n) is 2.62. The molecule has 1 aromatic carbocycles. The summed E-state index contributed by atoms with van der Waals surface area (Å²) in [6.07, 6.45) is 6.05. The van der Waals surface area contributed by atoms with Gasteiger partial charge >= 0.3 is 6.08 Å². The molecule has 3 aromatic rings. The van der Waals surface area contributed by atoms with Crippen LogP contribution in [0.25, 0.3) is 11.3 Å². The van der Waals surface area contributed by atoms with E-state index in [1.54, 1.807) is 6.20 Å². The van der Waals surface area contributed by atoms with E-state index in [2.05, 4.69) is 26.5 Å². The van der Waals surface area contributed by atoms with E-state index in [9.17, 15) is 0 Å². The van der Waals surface area contributed by atoms with Gasteiger partial charge in [0.05, 0.1) is 12.8 Å². The van der Waals surface area contributed by atoms with Crippen LogP contribution in [-0.2, 0) is 6.42 Å². The number of nitrogens with zero attached hydrogens (tertiary/aromatic N) is 3. The molecular formula is C19H24N4O3. The van der Waals surface area contributed by atoms with Gasteiger partial charge in [0, 0.05) is 24.2 Å². The Kier molecular flexibility index (Phi) is 6.24. The Morgan fingerprint density at radius 1 is 1.19 bits per heavy atom. The van der Waals surface area contributed by atoms with Crippen LogP contribution >= 0.6 is 0 Å². The third-order valence-corrected chi connectivity index (χ3v) is 3.87. The van der Waals surface area contributed by atoms with Crippen molar-refractivity contribution in [1.82, 2.24) is 15.1 Å². The van der Waals surface area contributed by atoms with E-state index in [-0.39, 0.29) is 0 Å². The van der Waals surface area contributed by atoms with Crippen LogP contribution in [0.3, 0.4) is 0 Å². The lowest BCUT2D eigenvalue weighted by molar-refractivity contribution is 0.247. The van der Waals surface area contributed by atoms with Crippen LogP contribution in [-0.4, -0.2) is 28.3 Å². The number of ether oxygens (including phenoxy) is 1. The van der Waals surface area contributed by atoms with Gasteiger partial charge in [-0.05, 0) is 38.8 Å². The first kappa shape index (κ1) is 18.0. The summed E-state index contributed by atoms with van der Waals surface area (Å²) in [6.45, 7) is 5.18. The molecular weight excluding hydrogens is 332 g/mol. The van der Waals surface area contributed by atoms with Gasteiger partial charge in [-0.2, -0.15) is 9.97 Å². The minimum atomic E-state index is 0.303. The van der Waals surface area contributed by atoms with Gasteiger partial charge in [-0.15, -0.1) is 0 Å². The van der Waals surface area contributed by atoms with Gasteiger partial charge in [0.1, 0.15) is 0 Å². The van der Waals surface area contributed by atoms with Gasteiger partial charge in [0.2, 0.25) is 5.89 Å². The smallest absolute Gasteiger partial charge is 0.394 e. The van der Waals surface area contributed by atoms with E-state index in [0.29, 0.717) is 24.3 Å². The predicted octanol–water partition coefficient (Wildman–Crippen LogP) is 4.26. The Morgan fingerprint density at radius 3 is 2.92 bits per heavy atom. The molecule has 0 aliphatic heterocycles. The number of hydrogen-bond donors (Lipinski definition) is 1. The van der Waals surface area contributed by atoms with E-state index < -0.39 is 0 Å². The summed E-state index contributed by atoms with van der Waals surface area (Å²) in [5.41, 5.74) is 2.03. The molecule has 3 rings (SSSR count). The highest BCUT2D eigenvalue weighted by molar-refractivity contribution is 5.63. The van der Waals surface area contributed by atoms with E-state index in [1.807, 2.05) is 32.0 Å². The van der Waals surface area contributed by atoms with Crippen molar-refractivity contribution in [1.29, 1.82) is 0 Å². The quantitative estimate of drug-likeness (QED) is 0.543. The van der Waals surface area contributed by atoms with E-state index in [4.69, 9.17) is 13.7 Å². The Hall–Kier alpha value is -2.83. The monoisotopic (exact) mass is 356 g/mol. The zero-order chi connectivity index (χ0) is 18.2. The van der Waals surface area contributed by atoms with Crippen molar-refractivity contribution in [2.24, 2.45) is 0 Å². The molecule has 0 spiro atoms. The highest BCUT2D eigenvalue weighted by atomic mass is 16.6. The molecule has 1 N–H and O–H groups in total. The minimum absolute atomic E-state index is 0.303. The SMILES string of the molecule is CCOc1ncc(-c2cccc(NCCCCCc3nc(C)no3)c2)o1. The molecule has 0 radical (unpaired) electrons. The number of hydrogen-bond acceptors (Lipinski definition) is 7. The number of nitrogens with one attached hydrogen (secondary N) is 1. The maximum atomic E-state index is 5.59. The molecule has 0 aliphatic rings. The van der Waals surface area contributed by atoms with Crippen LogP contribution in [0.4, 0.5) is 5.69 Å². The Balaban J connectivity index is 1.42. The molecule has 0 amide bonds. The van der Waals surface area contributed by atoms with Crippen molar-refractivity contribution in [2.75, 3.05) is 18.5 Å². The fraction of sp³-hybridized carbons (Fsp3) is 0.421. The average Bonchev–Trinajstić information content (AvgIpc) is 3.28. The number of unbranched alkanes of at least 4 members (excludes halogenated alkanes) is 2. The number of anilines is 1. The summed E-state index contributed by atoms with van der Waals surface area (Å²) in [4.78, 5) is 8.32. The lowest BCUT2D eigenvalue weighted by Crippen LogP contribution is -2.01. The van der Waals surface area contributed by atoms with Crippen molar-refractivity contribution in [3.05, 3.63) is 42.2 Å². The first-order chi connectivity index (χ1) is 12.7. The normalized spacial score (nSPS) is 10.8. The van der Waals surface area contributed by atoms with Crippen molar-refractivity contribution in [3.63, 3.8) is 0 Å². The third kappa shape index (κ3) is 5.08. The van der Waals surface area contributed by atoms with E-state index in [0.717, 1.165) is 49.4 Å². The molecule has 0 fully saturated rings. The third-order valence-electron chi connectivity index (χ3n) is 3.87. The molecule has 0 atom stereocenters. The summed E-state index contributed by atoms with van der Waals surface area (Å²) in [6, 6.07) is 8.09. The second-order valence-electron chi connectivity index (χ2n) is 5.98. The first-order valence-electron chi connectivity index (χ1n) is 8.96. The molecule has 0 saturated carbocycles. The van der Waals surface area contributed by atoms with Crippen molar-refractivity contribution in [3.8, 4) is 17.4 Å². The standard InChI is InChI=1S/C19H24N4O3/c1-3-24-19-21-13-17(25-19)15-8-7-9-16(12-15)20-11-6-4-5-10-18-22-14(2)23-26-18/h7-9,12-13,20H,3-6,10-11H2,1-2H3. The molecule has 0 aliphatic carbocycles. The van der Waals surface area contributed by atoms with E-state index >= 15 is 0 Å². The molecule has 0 saturated heterocycles. The zero-order valence-electron chi connectivity index (χ0n) is 15.2. The maximum Gasteiger partial charge on any atom is 0.394 e. The minimum Gasteiger partial charge on any atom is -0.450 e. The number of rotatable bonds is 10. The van der Waals surface area contributed by atoms with Crippen LogP contribution in [0, 0.1) is 6.92 Å². The van der Waals surface area contributed by atoms with Gasteiger partial charge in [-0.3, -0.25) is 0 Å². The van der Waals surface area contributed by atoms with Crippen LogP contribution in [0.15, 0.2) is 39.4 Å². The summed E-state index contributed by atoms with van der Waals surface area (Å²) in [5, 5.41) is 7.24. The molecule has 2 heterocycles. The number of oxazole rings is 1. The van der Waals surface area contributed by atoms with Gasteiger partial charge in [-0.25, -0.2) is 0 Å². The molecule has 2 aromatic heterocycles. The highest BCUT2D eigenvalue weighted by Crippen LogP contribution is 2.26. The second-order valence-corrected chi connectivity index (χ2v) is 5.98. The average molecular weight is 356 g/mol. The van der Waals surface area contributed by atoms with Crippen LogP contribution < -0.4 is 10.1 Å². The number of benzene rings is 1. The molecule has 7 heteroatoms. The van der Waals surface area contributed by atoms with Crippen LogP contribution in [0.1, 0.15) is 37.9 Å². The Bertz CT molecular complexity index is 812. The number of aryl methyl sites for hydroxylation is 2. The fourth-order valence-corrected chi connectivity index (χ4v) is 2.62. The van der Waals surface area contributed by atoms with Crippen molar-refractivity contribution in [2.45, 2.75) is 39.5 Å². The lowest BCUT2D eigenvalue weighted by atomic mass is 10.1. The molecule has 0 bridgehead atoms. The highest BCUT2D eigenvalue weighted by Gasteiger charge is 2.07. The van der Waals surface area contributed by atoms with Crippen LogP contribution in [0.5, 0.6) is 6.08 Å². The predicted molar refractivity (Wildman–Crippen MR) is 98.2 cm³/mol. The summed E-state index contributed by atoms with van der Waals surface area (Å²) < 4.78 is 16.0. The summed E-state index contributed by atoms with van der Waals surface area (Å²) >= 11 is 0.